The number of nitrogens with one attached hydrogen (secondary N) is 1. The van der Waals surface area contributed by atoms with Crippen LogP contribution in [0, 0.1) is 0 Å². The van der Waals surface area contributed by atoms with Crippen LogP contribution in [-0.2, 0) is 11.3 Å². The highest BCUT2D eigenvalue weighted by Crippen LogP contribution is 2.21. The van der Waals surface area contributed by atoms with Crippen molar-refractivity contribution in [1.82, 2.24) is 10.3 Å². The minimum Gasteiger partial charge on any atom is -0.389 e. The molecule has 2 aromatic rings. The van der Waals surface area contributed by atoms with Gasteiger partial charge in [-0.15, -0.1) is 11.3 Å². The predicted octanol–water partition coefficient (Wildman–Crippen LogP) is 1.91. The average Bonchev–Trinajstić information content (AvgIpc) is 2.89. The Morgan fingerprint density at radius 3 is 2.89 bits per heavy atom. The van der Waals surface area contributed by atoms with E-state index in [2.05, 4.69) is 27.8 Å². The van der Waals surface area contributed by atoms with E-state index in [0.717, 1.165) is 16.3 Å². The van der Waals surface area contributed by atoms with Gasteiger partial charge in [-0.05, 0) is 0 Å². The molecule has 4 nitrogen and oxygen atoms in total. The van der Waals surface area contributed by atoms with Crippen LogP contribution < -0.4 is 5.32 Å². The van der Waals surface area contributed by atoms with Gasteiger partial charge in [-0.25, -0.2) is 4.98 Å². The van der Waals surface area contributed by atoms with E-state index in [0.29, 0.717) is 19.7 Å². The number of hydrogen-bond acceptors (Lipinski definition) is 5. The van der Waals surface area contributed by atoms with Crippen LogP contribution in [0.4, 0.5) is 0 Å². The molecule has 0 fully saturated rings. The molecule has 1 aromatic heterocycles. The van der Waals surface area contributed by atoms with Gasteiger partial charge in [0.15, 0.2) is 0 Å². The van der Waals surface area contributed by atoms with Crippen molar-refractivity contribution in [2.45, 2.75) is 12.6 Å². The molecule has 1 aromatic carbocycles. The number of thiazole rings is 1. The van der Waals surface area contributed by atoms with Gasteiger partial charge in [0.05, 0.1) is 18.4 Å². The maximum atomic E-state index is 9.51. The molecule has 102 valence electrons. The molecule has 2 N–H and O–H groups in total. The molecule has 19 heavy (non-hydrogen) atoms. The summed E-state index contributed by atoms with van der Waals surface area (Å²) < 4.78 is 4.87. The molecule has 1 unspecified atom stereocenters. The zero-order valence-electron chi connectivity index (χ0n) is 10.9. The molecule has 0 bridgehead atoms. The van der Waals surface area contributed by atoms with E-state index in [1.807, 2.05) is 18.2 Å². The van der Waals surface area contributed by atoms with Crippen molar-refractivity contribution in [3.8, 4) is 11.3 Å². The summed E-state index contributed by atoms with van der Waals surface area (Å²) in [4.78, 5) is 4.57. The maximum absolute atomic E-state index is 9.51. The Hall–Kier alpha value is -1.27. The van der Waals surface area contributed by atoms with Gasteiger partial charge >= 0.3 is 0 Å². The third kappa shape index (κ3) is 4.40. The van der Waals surface area contributed by atoms with Crippen LogP contribution in [0.15, 0.2) is 35.7 Å². The summed E-state index contributed by atoms with van der Waals surface area (Å²) in [5.41, 5.74) is 2.13. The number of ether oxygens (including phenoxy) is 1. The van der Waals surface area contributed by atoms with Crippen molar-refractivity contribution in [3.63, 3.8) is 0 Å². The van der Waals surface area contributed by atoms with Gasteiger partial charge in [0.1, 0.15) is 5.01 Å². The minimum absolute atomic E-state index is 0.347. The Balaban J connectivity index is 1.85. The van der Waals surface area contributed by atoms with Crippen LogP contribution in [0.5, 0.6) is 0 Å². The smallest absolute Gasteiger partial charge is 0.107 e. The highest BCUT2D eigenvalue weighted by Gasteiger charge is 2.06. The van der Waals surface area contributed by atoms with Crippen molar-refractivity contribution in [2.75, 3.05) is 20.3 Å². The molecular weight excluding hydrogens is 260 g/mol. The fourth-order valence-electron chi connectivity index (χ4n) is 1.73. The summed E-state index contributed by atoms with van der Waals surface area (Å²) in [5.74, 6) is 0. The normalized spacial score (nSPS) is 12.5. The van der Waals surface area contributed by atoms with Crippen molar-refractivity contribution in [3.05, 3.63) is 40.7 Å². The Bertz CT molecular complexity index is 487. The number of benzene rings is 1. The Kier molecular flexibility index (Phi) is 5.47. The van der Waals surface area contributed by atoms with Crippen LogP contribution in [0.25, 0.3) is 11.3 Å². The first-order valence-electron chi connectivity index (χ1n) is 6.17. The van der Waals surface area contributed by atoms with Gasteiger partial charge in [0.25, 0.3) is 0 Å². The lowest BCUT2D eigenvalue weighted by Gasteiger charge is -2.09. The van der Waals surface area contributed by atoms with Crippen LogP contribution in [0.1, 0.15) is 5.01 Å². The van der Waals surface area contributed by atoms with E-state index in [1.54, 1.807) is 18.4 Å². The molecule has 2 rings (SSSR count). The Labute approximate surface area is 117 Å². The highest BCUT2D eigenvalue weighted by atomic mass is 32.1. The summed E-state index contributed by atoms with van der Waals surface area (Å²) in [7, 11) is 1.58. The molecule has 5 heteroatoms. The van der Waals surface area contributed by atoms with Crippen LogP contribution in [0.3, 0.4) is 0 Å². The van der Waals surface area contributed by atoms with Crippen molar-refractivity contribution in [2.24, 2.45) is 0 Å². The van der Waals surface area contributed by atoms with Crippen LogP contribution >= 0.6 is 11.3 Å². The first-order valence-corrected chi connectivity index (χ1v) is 7.05. The number of aliphatic hydroxyl groups is 1. The fraction of sp³-hybridized carbons (Fsp3) is 0.357. The summed E-state index contributed by atoms with van der Waals surface area (Å²) in [6.07, 6.45) is -0.474. The van der Waals surface area contributed by atoms with Gasteiger partial charge in [-0.1, -0.05) is 30.3 Å². The molecule has 1 atom stereocenters. The largest absolute Gasteiger partial charge is 0.389 e. The lowest BCUT2D eigenvalue weighted by Crippen LogP contribution is -2.29. The second kappa shape index (κ2) is 7.35. The molecule has 1 heterocycles. The van der Waals surface area contributed by atoms with E-state index in [-0.39, 0.29) is 0 Å². The summed E-state index contributed by atoms with van der Waals surface area (Å²) >= 11 is 1.62. The Morgan fingerprint density at radius 1 is 1.37 bits per heavy atom. The second-order valence-corrected chi connectivity index (χ2v) is 5.18. The number of aromatic nitrogens is 1. The van der Waals surface area contributed by atoms with Gasteiger partial charge in [-0.2, -0.15) is 0 Å². The maximum Gasteiger partial charge on any atom is 0.107 e. The molecule has 0 saturated carbocycles. The zero-order valence-corrected chi connectivity index (χ0v) is 11.7. The first kappa shape index (κ1) is 14.1. The molecule has 0 spiro atoms. The Morgan fingerprint density at radius 2 is 2.16 bits per heavy atom. The summed E-state index contributed by atoms with van der Waals surface area (Å²) in [6.45, 7) is 1.52. The monoisotopic (exact) mass is 278 g/mol. The number of aliphatic hydroxyl groups excluding tert-OH is 1. The van der Waals surface area contributed by atoms with Crippen LogP contribution in [0.2, 0.25) is 0 Å². The van der Waals surface area contributed by atoms with Gasteiger partial charge in [-0.3, -0.25) is 0 Å². The van der Waals surface area contributed by atoms with Gasteiger partial charge in [0, 0.05) is 31.1 Å². The molecule has 0 aliphatic carbocycles. The lowest BCUT2D eigenvalue weighted by molar-refractivity contribution is 0.0644. The van der Waals surface area contributed by atoms with E-state index >= 15 is 0 Å². The summed E-state index contributed by atoms with van der Waals surface area (Å²) in [6, 6.07) is 10.1. The lowest BCUT2D eigenvalue weighted by atomic mass is 10.2. The van der Waals surface area contributed by atoms with Gasteiger partial charge in [0.2, 0.25) is 0 Å². The molecule has 0 aliphatic rings. The summed E-state index contributed by atoms with van der Waals surface area (Å²) in [5, 5.41) is 15.7. The molecule has 0 amide bonds. The minimum atomic E-state index is -0.474. The number of nitrogens with zero attached hydrogens (tertiary/aromatic N) is 1. The highest BCUT2D eigenvalue weighted by molar-refractivity contribution is 7.09. The third-order valence-corrected chi connectivity index (χ3v) is 3.49. The fourth-order valence-corrected chi connectivity index (χ4v) is 2.50. The van der Waals surface area contributed by atoms with Gasteiger partial charge < -0.3 is 15.2 Å². The zero-order chi connectivity index (χ0) is 13.5. The van der Waals surface area contributed by atoms with Crippen molar-refractivity contribution in [1.29, 1.82) is 0 Å². The van der Waals surface area contributed by atoms with E-state index in [9.17, 15) is 5.11 Å². The van der Waals surface area contributed by atoms with Crippen molar-refractivity contribution < 1.29 is 9.84 Å². The molecule has 0 aliphatic heterocycles. The molecule has 0 radical (unpaired) electrons. The second-order valence-electron chi connectivity index (χ2n) is 4.23. The quantitative estimate of drug-likeness (QED) is 0.812. The number of hydrogen-bond donors (Lipinski definition) is 2. The first-order chi connectivity index (χ1) is 9.29. The average molecular weight is 278 g/mol. The third-order valence-electron chi connectivity index (χ3n) is 2.64. The SMILES string of the molecule is COCC(O)CNCc1nc(-c2ccccc2)cs1. The standard InChI is InChI=1S/C14H18N2O2S/c1-18-9-12(17)7-15-8-14-16-13(10-19-14)11-5-3-2-4-6-11/h2-6,10,12,15,17H,7-9H2,1H3. The van der Waals surface area contributed by atoms with E-state index in [1.165, 1.54) is 0 Å². The molecular formula is C14H18N2O2S. The van der Waals surface area contributed by atoms with Crippen molar-refractivity contribution >= 4 is 11.3 Å². The predicted molar refractivity (Wildman–Crippen MR) is 77.1 cm³/mol. The van der Waals surface area contributed by atoms with E-state index in [4.69, 9.17) is 4.74 Å². The molecule has 0 saturated heterocycles. The van der Waals surface area contributed by atoms with Crippen LogP contribution in [-0.4, -0.2) is 36.5 Å². The number of methoxy groups -OCH3 is 1. The number of rotatable bonds is 7. The van der Waals surface area contributed by atoms with E-state index < -0.39 is 6.10 Å². The topological polar surface area (TPSA) is 54.4 Å².